The molecule has 3 heterocycles. The summed E-state index contributed by atoms with van der Waals surface area (Å²) in [7, 11) is 0. The fraction of sp³-hybridized carbons (Fsp3) is 0.444. The summed E-state index contributed by atoms with van der Waals surface area (Å²) in [5, 5.41) is 13.5. The Labute approximate surface area is 137 Å². The fourth-order valence-electron chi connectivity index (χ4n) is 3.10. The van der Waals surface area contributed by atoms with Crippen LogP contribution in [0, 0.1) is 12.8 Å². The predicted molar refractivity (Wildman–Crippen MR) is 90.0 cm³/mol. The van der Waals surface area contributed by atoms with Crippen LogP contribution in [0.3, 0.4) is 0 Å². The molecular weight excluding hydrogens is 288 g/mol. The molecule has 5 heteroatoms. The molecule has 2 N–H and O–H groups in total. The number of nitrogens with one attached hydrogen (secondary N) is 1. The maximum Gasteiger partial charge on any atom is 0.138 e. The van der Waals surface area contributed by atoms with Gasteiger partial charge in [0, 0.05) is 37.7 Å². The van der Waals surface area contributed by atoms with E-state index in [9.17, 15) is 5.11 Å². The highest BCUT2D eigenvalue weighted by Crippen LogP contribution is 2.20. The number of nitrogens with zero attached hydrogens (tertiary/aromatic N) is 3. The monoisotopic (exact) mass is 312 g/mol. The summed E-state index contributed by atoms with van der Waals surface area (Å²) in [6, 6.07) is 7.63. The second-order valence-electron chi connectivity index (χ2n) is 6.31. The molecule has 0 bridgehead atoms. The Kier molecular flexibility index (Phi) is 5.20. The topological polar surface area (TPSA) is 61.3 Å². The Hall–Kier alpha value is -1.98. The first-order valence-electron chi connectivity index (χ1n) is 8.18. The third-order valence-corrected chi connectivity index (χ3v) is 4.27. The summed E-state index contributed by atoms with van der Waals surface area (Å²) in [6.07, 6.45) is 4.91. The van der Waals surface area contributed by atoms with Crippen molar-refractivity contribution >= 4 is 0 Å². The summed E-state index contributed by atoms with van der Waals surface area (Å²) in [5.74, 6) is 0.926. The highest BCUT2D eigenvalue weighted by atomic mass is 16.3. The molecule has 0 aromatic carbocycles. The minimum Gasteiger partial charge on any atom is -0.506 e. The molecule has 1 aliphatic rings. The average molecular weight is 312 g/mol. The van der Waals surface area contributed by atoms with Gasteiger partial charge in [-0.05, 0) is 56.1 Å². The van der Waals surface area contributed by atoms with E-state index in [1.807, 2.05) is 25.3 Å². The van der Waals surface area contributed by atoms with Gasteiger partial charge in [-0.2, -0.15) is 0 Å². The van der Waals surface area contributed by atoms with E-state index in [1.165, 1.54) is 12.0 Å². The molecule has 1 fully saturated rings. The van der Waals surface area contributed by atoms with E-state index in [4.69, 9.17) is 0 Å². The van der Waals surface area contributed by atoms with E-state index in [0.29, 0.717) is 12.5 Å². The minimum atomic E-state index is 0.274. The lowest BCUT2D eigenvalue weighted by molar-refractivity contribution is 0.215. The zero-order valence-corrected chi connectivity index (χ0v) is 13.6. The van der Waals surface area contributed by atoms with Crippen LogP contribution in [-0.4, -0.2) is 39.6 Å². The van der Waals surface area contributed by atoms with Gasteiger partial charge in [-0.15, -0.1) is 0 Å². The molecule has 1 saturated heterocycles. The lowest BCUT2D eigenvalue weighted by atomic mass is 10.1. The van der Waals surface area contributed by atoms with Crippen LogP contribution < -0.4 is 5.32 Å². The van der Waals surface area contributed by atoms with Gasteiger partial charge >= 0.3 is 0 Å². The Balaban J connectivity index is 1.74. The molecule has 122 valence electrons. The van der Waals surface area contributed by atoms with Gasteiger partial charge in [-0.3, -0.25) is 14.9 Å². The Morgan fingerprint density at radius 1 is 1.30 bits per heavy atom. The molecular formula is C18H24N4O. The van der Waals surface area contributed by atoms with Gasteiger partial charge in [0.05, 0.1) is 5.69 Å². The Bertz CT molecular complexity index is 626. The molecule has 0 saturated carbocycles. The molecule has 23 heavy (non-hydrogen) atoms. The van der Waals surface area contributed by atoms with Crippen LogP contribution in [0.25, 0.3) is 0 Å². The van der Waals surface area contributed by atoms with Crippen molar-refractivity contribution in [1.82, 2.24) is 20.2 Å². The van der Waals surface area contributed by atoms with Gasteiger partial charge in [-0.1, -0.05) is 6.07 Å². The number of hydrogen-bond acceptors (Lipinski definition) is 5. The molecule has 1 unspecified atom stereocenters. The SMILES string of the molecule is Cc1ccc(O)c(CN(Cc2cccnc2)CC2CCNC2)n1. The molecule has 0 spiro atoms. The normalized spacial score (nSPS) is 17.7. The van der Waals surface area contributed by atoms with E-state index in [1.54, 1.807) is 12.3 Å². The van der Waals surface area contributed by atoms with Crippen molar-refractivity contribution in [3.05, 3.63) is 53.6 Å². The highest BCUT2D eigenvalue weighted by molar-refractivity contribution is 5.27. The van der Waals surface area contributed by atoms with E-state index in [-0.39, 0.29) is 5.75 Å². The van der Waals surface area contributed by atoms with E-state index < -0.39 is 0 Å². The average Bonchev–Trinajstić information content (AvgIpc) is 3.05. The zero-order chi connectivity index (χ0) is 16.1. The maximum atomic E-state index is 10.1. The number of rotatable bonds is 6. The third-order valence-electron chi connectivity index (χ3n) is 4.27. The van der Waals surface area contributed by atoms with Crippen molar-refractivity contribution in [2.24, 2.45) is 5.92 Å². The lowest BCUT2D eigenvalue weighted by Gasteiger charge is -2.25. The van der Waals surface area contributed by atoms with Crippen molar-refractivity contribution in [3.63, 3.8) is 0 Å². The number of aromatic nitrogens is 2. The molecule has 1 atom stereocenters. The minimum absolute atomic E-state index is 0.274. The maximum absolute atomic E-state index is 10.1. The summed E-state index contributed by atoms with van der Waals surface area (Å²) in [4.78, 5) is 11.1. The first kappa shape index (κ1) is 15.9. The van der Waals surface area contributed by atoms with Crippen molar-refractivity contribution in [3.8, 4) is 5.75 Å². The standard InChI is InChI=1S/C18H24N4O/c1-14-4-5-18(23)17(21-14)13-22(12-16-6-8-20-10-16)11-15-3-2-7-19-9-15/h2-5,7,9,16,20,23H,6,8,10-13H2,1H3. The highest BCUT2D eigenvalue weighted by Gasteiger charge is 2.20. The quantitative estimate of drug-likeness (QED) is 0.855. The molecule has 1 aliphatic heterocycles. The Morgan fingerprint density at radius 3 is 2.96 bits per heavy atom. The van der Waals surface area contributed by atoms with Crippen molar-refractivity contribution in [1.29, 1.82) is 0 Å². The van der Waals surface area contributed by atoms with Crippen LogP contribution in [0.15, 0.2) is 36.7 Å². The largest absolute Gasteiger partial charge is 0.506 e. The van der Waals surface area contributed by atoms with Gasteiger partial charge < -0.3 is 10.4 Å². The summed E-state index contributed by atoms with van der Waals surface area (Å²) >= 11 is 0. The smallest absolute Gasteiger partial charge is 0.138 e. The summed E-state index contributed by atoms with van der Waals surface area (Å²) in [5.41, 5.74) is 2.87. The van der Waals surface area contributed by atoms with Crippen LogP contribution in [-0.2, 0) is 13.1 Å². The van der Waals surface area contributed by atoms with Gasteiger partial charge in [0.1, 0.15) is 5.75 Å². The lowest BCUT2D eigenvalue weighted by Crippen LogP contribution is -2.30. The number of aromatic hydroxyl groups is 1. The molecule has 5 nitrogen and oxygen atoms in total. The predicted octanol–water partition coefficient (Wildman–Crippen LogP) is 2.10. The summed E-state index contributed by atoms with van der Waals surface area (Å²) in [6.45, 7) is 6.58. The van der Waals surface area contributed by atoms with E-state index in [2.05, 4.69) is 26.3 Å². The summed E-state index contributed by atoms with van der Waals surface area (Å²) < 4.78 is 0. The van der Waals surface area contributed by atoms with Crippen LogP contribution in [0.1, 0.15) is 23.4 Å². The number of pyridine rings is 2. The molecule has 0 amide bonds. The van der Waals surface area contributed by atoms with Gasteiger partial charge in [0.2, 0.25) is 0 Å². The molecule has 2 aromatic heterocycles. The van der Waals surface area contributed by atoms with Crippen molar-refractivity contribution in [2.75, 3.05) is 19.6 Å². The van der Waals surface area contributed by atoms with E-state index >= 15 is 0 Å². The van der Waals surface area contributed by atoms with Gasteiger partial charge in [0.15, 0.2) is 0 Å². The number of aryl methyl sites for hydroxylation is 1. The van der Waals surface area contributed by atoms with Crippen LogP contribution in [0.2, 0.25) is 0 Å². The Morgan fingerprint density at radius 2 is 2.22 bits per heavy atom. The first-order chi connectivity index (χ1) is 11.2. The van der Waals surface area contributed by atoms with Crippen LogP contribution in [0.5, 0.6) is 5.75 Å². The zero-order valence-electron chi connectivity index (χ0n) is 13.6. The molecule has 3 rings (SSSR count). The van der Waals surface area contributed by atoms with Crippen molar-refractivity contribution in [2.45, 2.75) is 26.4 Å². The van der Waals surface area contributed by atoms with Gasteiger partial charge in [-0.25, -0.2) is 0 Å². The number of hydrogen-bond donors (Lipinski definition) is 2. The van der Waals surface area contributed by atoms with Crippen molar-refractivity contribution < 1.29 is 5.11 Å². The second kappa shape index (κ2) is 7.53. The molecule has 2 aromatic rings. The molecule has 0 aliphatic carbocycles. The molecule has 0 radical (unpaired) electrons. The van der Waals surface area contributed by atoms with E-state index in [0.717, 1.165) is 37.6 Å². The van der Waals surface area contributed by atoms with Gasteiger partial charge in [0.25, 0.3) is 0 Å². The second-order valence-corrected chi connectivity index (χ2v) is 6.31. The van der Waals surface area contributed by atoms with Crippen LogP contribution in [0.4, 0.5) is 0 Å². The third kappa shape index (κ3) is 4.50. The van der Waals surface area contributed by atoms with Crippen LogP contribution >= 0.6 is 0 Å². The first-order valence-corrected chi connectivity index (χ1v) is 8.18. The fourth-order valence-corrected chi connectivity index (χ4v) is 3.10.